The maximum absolute atomic E-state index is 10.9. The molecule has 5 heteroatoms. The predicted molar refractivity (Wildman–Crippen MR) is 62.0 cm³/mol. The molecule has 1 heterocycles. The Morgan fingerprint density at radius 3 is 2.38 bits per heavy atom. The highest BCUT2D eigenvalue weighted by molar-refractivity contribution is 5.05. The monoisotopic (exact) mass is 225 g/mol. The van der Waals surface area contributed by atoms with Crippen LogP contribution in [-0.4, -0.2) is 20.0 Å². The van der Waals surface area contributed by atoms with Crippen LogP contribution in [0.15, 0.2) is 12.4 Å². The molecular formula is C11H19N3O2. The molecule has 0 fully saturated rings. The molecule has 0 saturated heterocycles. The largest absolute Gasteiger partial charge is 0.327 e. The van der Waals surface area contributed by atoms with Crippen molar-refractivity contribution in [1.29, 1.82) is 0 Å². The molecule has 0 saturated carbocycles. The normalized spacial score (nSPS) is 12.8. The molecule has 0 atom stereocenters. The van der Waals surface area contributed by atoms with Crippen LogP contribution in [0.3, 0.4) is 0 Å². The highest BCUT2D eigenvalue weighted by Crippen LogP contribution is 2.22. The van der Waals surface area contributed by atoms with E-state index in [1.165, 1.54) is 0 Å². The lowest BCUT2D eigenvalue weighted by atomic mass is 9.95. The standard InChI is InChI=1S/C11H19N3O2/c1-10(2,3)9-12-6-7-13(9)8-11(4,5)14(15)16/h6-7H,8H2,1-5H3. The fourth-order valence-corrected chi connectivity index (χ4v) is 1.56. The predicted octanol–water partition coefficient (Wildman–Crippen LogP) is 2.24. The molecule has 0 radical (unpaired) electrons. The third kappa shape index (κ3) is 2.59. The van der Waals surface area contributed by atoms with Gasteiger partial charge in [0.15, 0.2) is 0 Å². The van der Waals surface area contributed by atoms with E-state index in [9.17, 15) is 10.1 Å². The highest BCUT2D eigenvalue weighted by atomic mass is 16.6. The Morgan fingerprint density at radius 1 is 1.38 bits per heavy atom. The Bertz CT molecular complexity index is 388. The zero-order chi connectivity index (χ0) is 12.6. The van der Waals surface area contributed by atoms with E-state index in [0.29, 0.717) is 6.54 Å². The van der Waals surface area contributed by atoms with Gasteiger partial charge < -0.3 is 4.57 Å². The van der Waals surface area contributed by atoms with E-state index in [0.717, 1.165) is 5.82 Å². The van der Waals surface area contributed by atoms with Crippen molar-refractivity contribution in [2.24, 2.45) is 0 Å². The number of aromatic nitrogens is 2. The smallest absolute Gasteiger partial charge is 0.234 e. The van der Waals surface area contributed by atoms with Gasteiger partial charge in [-0.3, -0.25) is 10.1 Å². The van der Waals surface area contributed by atoms with Crippen molar-refractivity contribution in [2.75, 3.05) is 0 Å². The van der Waals surface area contributed by atoms with E-state index in [4.69, 9.17) is 0 Å². The lowest BCUT2D eigenvalue weighted by Gasteiger charge is -2.23. The van der Waals surface area contributed by atoms with Crippen molar-refractivity contribution in [3.8, 4) is 0 Å². The Balaban J connectivity index is 3.00. The first-order chi connectivity index (χ1) is 7.14. The van der Waals surface area contributed by atoms with Gasteiger partial charge in [0, 0.05) is 36.6 Å². The summed E-state index contributed by atoms with van der Waals surface area (Å²) in [5.74, 6) is 0.877. The summed E-state index contributed by atoms with van der Waals surface area (Å²) in [5, 5.41) is 10.9. The molecule has 0 spiro atoms. The molecule has 0 N–H and O–H groups in total. The average molecular weight is 225 g/mol. The van der Waals surface area contributed by atoms with Gasteiger partial charge in [-0.1, -0.05) is 20.8 Å². The van der Waals surface area contributed by atoms with E-state index in [2.05, 4.69) is 4.98 Å². The summed E-state index contributed by atoms with van der Waals surface area (Å²) in [7, 11) is 0. The van der Waals surface area contributed by atoms with Crippen LogP contribution in [0.4, 0.5) is 0 Å². The second-order valence-electron chi connectivity index (χ2n) is 5.70. The molecule has 0 bridgehead atoms. The van der Waals surface area contributed by atoms with Crippen molar-refractivity contribution < 1.29 is 4.92 Å². The van der Waals surface area contributed by atoms with Crippen molar-refractivity contribution in [3.05, 3.63) is 28.3 Å². The summed E-state index contributed by atoms with van der Waals surface area (Å²) >= 11 is 0. The average Bonchev–Trinajstić information content (AvgIpc) is 2.49. The van der Waals surface area contributed by atoms with Crippen LogP contribution in [0, 0.1) is 10.1 Å². The van der Waals surface area contributed by atoms with E-state index < -0.39 is 5.54 Å². The van der Waals surface area contributed by atoms with Gasteiger partial charge in [0.1, 0.15) is 5.82 Å². The third-order valence-electron chi connectivity index (χ3n) is 2.44. The molecule has 0 aliphatic rings. The number of imidazole rings is 1. The first-order valence-corrected chi connectivity index (χ1v) is 5.31. The summed E-state index contributed by atoms with van der Waals surface area (Å²) in [4.78, 5) is 14.9. The van der Waals surface area contributed by atoms with E-state index >= 15 is 0 Å². The molecule has 1 aromatic heterocycles. The Hall–Kier alpha value is -1.39. The summed E-state index contributed by atoms with van der Waals surface area (Å²) in [6.45, 7) is 9.73. The van der Waals surface area contributed by atoms with Gasteiger partial charge in [0.2, 0.25) is 5.54 Å². The van der Waals surface area contributed by atoms with Crippen molar-refractivity contribution in [3.63, 3.8) is 0 Å². The SMILES string of the molecule is CC(C)(C)c1nccn1CC(C)(C)[N+](=O)[O-]. The Kier molecular flexibility index (Phi) is 3.08. The molecule has 0 aromatic carbocycles. The van der Waals surface area contributed by atoms with Crippen LogP contribution in [0.25, 0.3) is 0 Å². The summed E-state index contributed by atoms with van der Waals surface area (Å²) in [5.41, 5.74) is -1.07. The fourth-order valence-electron chi connectivity index (χ4n) is 1.56. The van der Waals surface area contributed by atoms with Crippen LogP contribution in [0.1, 0.15) is 40.4 Å². The molecule has 1 aromatic rings. The molecule has 0 aliphatic heterocycles. The zero-order valence-corrected chi connectivity index (χ0v) is 10.5. The summed E-state index contributed by atoms with van der Waals surface area (Å²) < 4.78 is 1.86. The van der Waals surface area contributed by atoms with E-state index in [1.54, 1.807) is 26.2 Å². The lowest BCUT2D eigenvalue weighted by molar-refractivity contribution is -0.562. The van der Waals surface area contributed by atoms with Gasteiger partial charge in [-0.15, -0.1) is 0 Å². The van der Waals surface area contributed by atoms with Crippen LogP contribution >= 0.6 is 0 Å². The summed E-state index contributed by atoms with van der Waals surface area (Å²) in [6.07, 6.45) is 3.49. The zero-order valence-electron chi connectivity index (χ0n) is 10.5. The number of rotatable bonds is 3. The Labute approximate surface area is 95.6 Å². The molecule has 16 heavy (non-hydrogen) atoms. The van der Waals surface area contributed by atoms with Gasteiger partial charge in [0.25, 0.3) is 0 Å². The van der Waals surface area contributed by atoms with Crippen LogP contribution < -0.4 is 0 Å². The van der Waals surface area contributed by atoms with Gasteiger partial charge in [-0.05, 0) is 0 Å². The second-order valence-corrected chi connectivity index (χ2v) is 5.70. The number of nitrogens with zero attached hydrogens (tertiary/aromatic N) is 3. The molecule has 0 aliphatic carbocycles. The minimum absolute atomic E-state index is 0.101. The first-order valence-electron chi connectivity index (χ1n) is 5.31. The van der Waals surface area contributed by atoms with Crippen LogP contribution in [0.5, 0.6) is 0 Å². The highest BCUT2D eigenvalue weighted by Gasteiger charge is 2.33. The van der Waals surface area contributed by atoms with Gasteiger partial charge in [-0.25, -0.2) is 4.98 Å². The molecule has 0 amide bonds. The first kappa shape index (κ1) is 12.7. The summed E-state index contributed by atoms with van der Waals surface area (Å²) in [6, 6.07) is 0. The number of hydrogen-bond acceptors (Lipinski definition) is 3. The molecule has 0 unspecified atom stereocenters. The Morgan fingerprint density at radius 2 is 1.94 bits per heavy atom. The lowest BCUT2D eigenvalue weighted by Crippen LogP contribution is -2.37. The van der Waals surface area contributed by atoms with E-state index in [1.807, 2.05) is 25.3 Å². The van der Waals surface area contributed by atoms with Gasteiger partial charge in [-0.2, -0.15) is 0 Å². The van der Waals surface area contributed by atoms with Crippen LogP contribution in [-0.2, 0) is 12.0 Å². The van der Waals surface area contributed by atoms with Gasteiger partial charge in [0.05, 0.1) is 6.54 Å². The number of hydrogen-bond donors (Lipinski definition) is 0. The molecule has 90 valence electrons. The maximum Gasteiger partial charge on any atom is 0.234 e. The number of nitro groups is 1. The molecule has 1 rings (SSSR count). The fraction of sp³-hybridized carbons (Fsp3) is 0.727. The second kappa shape index (κ2) is 3.88. The van der Waals surface area contributed by atoms with Gasteiger partial charge >= 0.3 is 0 Å². The van der Waals surface area contributed by atoms with E-state index in [-0.39, 0.29) is 10.3 Å². The van der Waals surface area contributed by atoms with Crippen molar-refractivity contribution in [2.45, 2.75) is 52.1 Å². The third-order valence-corrected chi connectivity index (χ3v) is 2.44. The topological polar surface area (TPSA) is 61.0 Å². The van der Waals surface area contributed by atoms with Crippen molar-refractivity contribution >= 4 is 0 Å². The minimum Gasteiger partial charge on any atom is -0.327 e. The van der Waals surface area contributed by atoms with Crippen molar-refractivity contribution in [1.82, 2.24) is 9.55 Å². The minimum atomic E-state index is -0.972. The quantitative estimate of drug-likeness (QED) is 0.585. The molecular weight excluding hydrogens is 206 g/mol. The maximum atomic E-state index is 10.9. The molecule has 5 nitrogen and oxygen atoms in total. The van der Waals surface area contributed by atoms with Crippen LogP contribution in [0.2, 0.25) is 0 Å².